The lowest BCUT2D eigenvalue weighted by Gasteiger charge is -2.40. The average molecular weight is 334 g/mol. The lowest BCUT2D eigenvalue weighted by molar-refractivity contribution is -0.134. The maximum atomic E-state index is 11.9. The smallest absolute Gasteiger partial charge is 0.236 e. The first kappa shape index (κ1) is 20.2. The molecule has 1 aliphatic rings. The number of nitrogens with one attached hydrogen (secondary N) is 1. The summed E-state index contributed by atoms with van der Waals surface area (Å²) in [5.41, 5.74) is 1.34. The summed E-state index contributed by atoms with van der Waals surface area (Å²) in [6.45, 7) is 6.26. The number of amides is 1. The van der Waals surface area contributed by atoms with Crippen LogP contribution < -0.4 is 5.32 Å². The quantitative estimate of drug-likeness (QED) is 0.912. The topological polar surface area (TPSA) is 35.6 Å². The van der Waals surface area contributed by atoms with Gasteiger partial charge in [0.25, 0.3) is 0 Å². The number of carbonyl (C=O) groups is 1. The third kappa shape index (κ3) is 5.83. The van der Waals surface area contributed by atoms with E-state index >= 15 is 0 Å². The van der Waals surface area contributed by atoms with Gasteiger partial charge in [0, 0.05) is 32.2 Å². The Kier molecular flexibility index (Phi) is 9.62. The summed E-state index contributed by atoms with van der Waals surface area (Å²) < 4.78 is 0. The number of carbonyl (C=O) groups excluding carboxylic acids is 1. The fourth-order valence-corrected chi connectivity index (χ4v) is 2.64. The van der Waals surface area contributed by atoms with Crippen molar-refractivity contribution in [2.24, 2.45) is 0 Å². The standard InChI is InChI=1S/C15H23N3O.2ClH/c1-13-11-17(12-14-6-4-3-5-7-14)8-9-18(13)15(19)10-16-2;;/h3-7,13,16H,8-12H2,1-2H3;2*1H/t13-;;/m1../s1. The van der Waals surface area contributed by atoms with E-state index in [1.54, 1.807) is 0 Å². The molecule has 1 N–H and O–H groups in total. The number of nitrogens with zero attached hydrogens (tertiary/aromatic N) is 2. The Bertz CT molecular complexity index is 417. The summed E-state index contributed by atoms with van der Waals surface area (Å²) >= 11 is 0. The molecule has 0 radical (unpaired) electrons. The van der Waals surface area contributed by atoms with Crippen LogP contribution in [0.4, 0.5) is 0 Å². The molecule has 1 heterocycles. The molecule has 0 bridgehead atoms. The molecule has 0 saturated carbocycles. The largest absolute Gasteiger partial charge is 0.336 e. The number of hydrogen-bond donors (Lipinski definition) is 1. The molecule has 1 saturated heterocycles. The van der Waals surface area contributed by atoms with Crippen molar-refractivity contribution in [3.8, 4) is 0 Å². The van der Waals surface area contributed by atoms with Crippen LogP contribution in [0.1, 0.15) is 12.5 Å². The van der Waals surface area contributed by atoms with E-state index in [0.29, 0.717) is 12.6 Å². The molecular weight excluding hydrogens is 309 g/mol. The first-order valence-electron chi connectivity index (χ1n) is 6.91. The number of hydrogen-bond acceptors (Lipinski definition) is 3. The van der Waals surface area contributed by atoms with E-state index in [-0.39, 0.29) is 30.7 Å². The number of benzene rings is 1. The Balaban J connectivity index is 0.00000200. The van der Waals surface area contributed by atoms with Crippen LogP contribution in [0.2, 0.25) is 0 Å². The van der Waals surface area contributed by atoms with Gasteiger partial charge in [-0.15, -0.1) is 24.8 Å². The maximum absolute atomic E-state index is 11.9. The van der Waals surface area contributed by atoms with Gasteiger partial charge in [-0.2, -0.15) is 0 Å². The molecule has 4 nitrogen and oxygen atoms in total. The van der Waals surface area contributed by atoms with Crippen molar-refractivity contribution in [2.45, 2.75) is 19.5 Å². The first-order chi connectivity index (χ1) is 9.20. The van der Waals surface area contributed by atoms with Gasteiger partial charge in [-0.3, -0.25) is 9.69 Å². The van der Waals surface area contributed by atoms with Gasteiger partial charge in [-0.05, 0) is 19.5 Å². The molecule has 0 aromatic heterocycles. The van der Waals surface area contributed by atoms with Gasteiger partial charge in [0.2, 0.25) is 5.91 Å². The molecule has 120 valence electrons. The molecular formula is C15H25Cl2N3O. The lowest BCUT2D eigenvalue weighted by atomic mass is 10.1. The molecule has 1 amide bonds. The molecule has 1 fully saturated rings. The van der Waals surface area contributed by atoms with E-state index in [2.05, 4.69) is 41.4 Å². The zero-order valence-electron chi connectivity index (χ0n) is 12.6. The fraction of sp³-hybridized carbons (Fsp3) is 0.533. The van der Waals surface area contributed by atoms with Crippen LogP contribution in [-0.4, -0.2) is 55.0 Å². The Hall–Kier alpha value is -0.810. The minimum absolute atomic E-state index is 0. The molecule has 1 atom stereocenters. The zero-order valence-corrected chi connectivity index (χ0v) is 14.3. The summed E-state index contributed by atoms with van der Waals surface area (Å²) in [5.74, 6) is 0.203. The van der Waals surface area contributed by atoms with Crippen molar-refractivity contribution >= 4 is 30.7 Å². The lowest BCUT2D eigenvalue weighted by Crippen LogP contribution is -2.55. The molecule has 0 spiro atoms. The Morgan fingerprint density at radius 2 is 1.90 bits per heavy atom. The fourth-order valence-electron chi connectivity index (χ4n) is 2.64. The summed E-state index contributed by atoms with van der Waals surface area (Å²) in [7, 11) is 1.81. The number of piperazine rings is 1. The van der Waals surface area contributed by atoms with Gasteiger partial charge in [0.1, 0.15) is 0 Å². The van der Waals surface area contributed by atoms with E-state index in [1.165, 1.54) is 5.56 Å². The van der Waals surface area contributed by atoms with Gasteiger partial charge < -0.3 is 10.2 Å². The third-order valence-corrected chi connectivity index (χ3v) is 3.61. The Morgan fingerprint density at radius 1 is 1.24 bits per heavy atom. The van der Waals surface area contributed by atoms with Crippen molar-refractivity contribution in [3.63, 3.8) is 0 Å². The van der Waals surface area contributed by atoms with E-state index in [0.717, 1.165) is 26.2 Å². The van der Waals surface area contributed by atoms with Gasteiger partial charge in [-0.25, -0.2) is 0 Å². The van der Waals surface area contributed by atoms with E-state index < -0.39 is 0 Å². The summed E-state index contributed by atoms with van der Waals surface area (Å²) in [6.07, 6.45) is 0. The molecule has 1 aromatic carbocycles. The monoisotopic (exact) mass is 333 g/mol. The van der Waals surface area contributed by atoms with Gasteiger partial charge in [-0.1, -0.05) is 30.3 Å². The SMILES string of the molecule is CNCC(=O)N1CCN(Cc2ccccc2)C[C@H]1C.Cl.Cl. The van der Waals surface area contributed by atoms with Crippen LogP contribution in [0, 0.1) is 0 Å². The van der Waals surface area contributed by atoms with Crippen molar-refractivity contribution < 1.29 is 4.79 Å². The highest BCUT2D eigenvalue weighted by Gasteiger charge is 2.26. The van der Waals surface area contributed by atoms with E-state index in [9.17, 15) is 4.79 Å². The van der Waals surface area contributed by atoms with Crippen LogP contribution in [0.3, 0.4) is 0 Å². The number of likely N-dealkylation sites (N-methyl/N-ethyl adjacent to an activating group) is 1. The highest BCUT2D eigenvalue weighted by molar-refractivity contribution is 5.85. The molecule has 6 heteroatoms. The molecule has 0 aliphatic carbocycles. The highest BCUT2D eigenvalue weighted by Crippen LogP contribution is 2.13. The normalized spacial score (nSPS) is 18.6. The maximum Gasteiger partial charge on any atom is 0.236 e. The van der Waals surface area contributed by atoms with Crippen molar-refractivity contribution in [2.75, 3.05) is 33.2 Å². The van der Waals surface area contributed by atoms with Crippen LogP contribution >= 0.6 is 24.8 Å². The van der Waals surface area contributed by atoms with Crippen LogP contribution in [0.15, 0.2) is 30.3 Å². The van der Waals surface area contributed by atoms with Crippen LogP contribution in [0.25, 0.3) is 0 Å². The van der Waals surface area contributed by atoms with Crippen LogP contribution in [-0.2, 0) is 11.3 Å². The minimum Gasteiger partial charge on any atom is -0.336 e. The van der Waals surface area contributed by atoms with Crippen molar-refractivity contribution in [1.82, 2.24) is 15.1 Å². The third-order valence-electron chi connectivity index (χ3n) is 3.61. The minimum atomic E-state index is 0. The second kappa shape index (κ2) is 10.0. The number of rotatable bonds is 4. The van der Waals surface area contributed by atoms with Crippen molar-refractivity contribution in [1.29, 1.82) is 0 Å². The first-order valence-corrected chi connectivity index (χ1v) is 6.91. The van der Waals surface area contributed by atoms with Gasteiger partial charge in [0.05, 0.1) is 6.54 Å². The van der Waals surface area contributed by atoms with E-state index in [4.69, 9.17) is 0 Å². The van der Waals surface area contributed by atoms with Crippen LogP contribution in [0.5, 0.6) is 0 Å². The average Bonchev–Trinajstić information content (AvgIpc) is 2.40. The zero-order chi connectivity index (χ0) is 13.7. The van der Waals surface area contributed by atoms with E-state index in [1.807, 2.05) is 18.0 Å². The highest BCUT2D eigenvalue weighted by atomic mass is 35.5. The molecule has 21 heavy (non-hydrogen) atoms. The van der Waals surface area contributed by atoms with Gasteiger partial charge >= 0.3 is 0 Å². The Morgan fingerprint density at radius 3 is 2.48 bits per heavy atom. The second-order valence-corrected chi connectivity index (χ2v) is 5.19. The molecule has 1 aliphatic heterocycles. The van der Waals surface area contributed by atoms with Crippen molar-refractivity contribution in [3.05, 3.63) is 35.9 Å². The molecule has 0 unspecified atom stereocenters. The summed E-state index contributed by atoms with van der Waals surface area (Å²) in [5, 5.41) is 2.93. The second-order valence-electron chi connectivity index (χ2n) is 5.19. The molecule has 1 aromatic rings. The summed E-state index contributed by atoms with van der Waals surface area (Å²) in [6, 6.07) is 10.8. The predicted octanol–water partition coefficient (Wildman–Crippen LogP) is 1.78. The number of halogens is 2. The Labute approximate surface area is 139 Å². The predicted molar refractivity (Wildman–Crippen MR) is 91.3 cm³/mol. The molecule has 2 rings (SSSR count). The summed E-state index contributed by atoms with van der Waals surface area (Å²) in [4.78, 5) is 16.3. The van der Waals surface area contributed by atoms with Gasteiger partial charge in [0.15, 0.2) is 0 Å².